The Kier molecular flexibility index (Phi) is 5.28. The summed E-state index contributed by atoms with van der Waals surface area (Å²) in [7, 11) is 0. The molecule has 3 rings (SSSR count). The molecule has 0 spiro atoms. The highest BCUT2D eigenvalue weighted by Crippen LogP contribution is 2.26. The van der Waals surface area contributed by atoms with Crippen LogP contribution in [0, 0.1) is 12.7 Å². The van der Waals surface area contributed by atoms with Crippen LogP contribution in [0.2, 0.25) is 5.02 Å². The Balaban J connectivity index is 1.55. The van der Waals surface area contributed by atoms with E-state index in [0.717, 1.165) is 38.8 Å². The Hall–Kier alpha value is -1.46. The lowest BCUT2D eigenvalue weighted by atomic mass is 10.0. The molecule has 0 saturated carbocycles. The highest BCUT2D eigenvalue weighted by molar-refractivity contribution is 6.31. The van der Waals surface area contributed by atoms with Crippen LogP contribution in [0.5, 0.6) is 0 Å². The summed E-state index contributed by atoms with van der Waals surface area (Å²) in [6.45, 7) is 3.81. The first-order valence-corrected chi connectivity index (χ1v) is 8.47. The van der Waals surface area contributed by atoms with Crippen molar-refractivity contribution < 1.29 is 8.81 Å². The predicted molar refractivity (Wildman–Crippen MR) is 87.1 cm³/mol. The van der Waals surface area contributed by atoms with E-state index in [1.165, 1.54) is 6.07 Å². The summed E-state index contributed by atoms with van der Waals surface area (Å²) >= 11 is 6.16. The van der Waals surface area contributed by atoms with Gasteiger partial charge in [0.25, 0.3) is 0 Å². The summed E-state index contributed by atoms with van der Waals surface area (Å²) in [5, 5.41) is 8.38. The third-order valence-corrected chi connectivity index (χ3v) is 4.76. The minimum absolute atomic E-state index is 0.203. The van der Waals surface area contributed by atoms with Crippen molar-refractivity contribution in [1.82, 2.24) is 15.1 Å². The summed E-state index contributed by atoms with van der Waals surface area (Å²) in [4.78, 5) is 2.42. The highest BCUT2D eigenvalue weighted by atomic mass is 35.5. The van der Waals surface area contributed by atoms with Gasteiger partial charge in [0.15, 0.2) is 0 Å². The van der Waals surface area contributed by atoms with Gasteiger partial charge in [-0.15, -0.1) is 10.2 Å². The molecule has 6 heteroatoms. The molecule has 124 valence electrons. The van der Waals surface area contributed by atoms with E-state index in [4.69, 9.17) is 16.0 Å². The zero-order chi connectivity index (χ0) is 16.2. The fourth-order valence-corrected chi connectivity index (χ4v) is 3.50. The maximum Gasteiger partial charge on any atom is 0.216 e. The third-order valence-electron chi connectivity index (χ3n) is 4.40. The molecule has 4 nitrogen and oxygen atoms in total. The molecule has 2 aromatic rings. The van der Waals surface area contributed by atoms with Crippen LogP contribution in [0.15, 0.2) is 22.6 Å². The molecule has 2 heterocycles. The van der Waals surface area contributed by atoms with Crippen molar-refractivity contribution in [3.8, 4) is 0 Å². The van der Waals surface area contributed by atoms with Gasteiger partial charge in [0.2, 0.25) is 11.8 Å². The first-order valence-electron chi connectivity index (χ1n) is 8.09. The van der Waals surface area contributed by atoms with Crippen molar-refractivity contribution in [2.24, 2.45) is 0 Å². The topological polar surface area (TPSA) is 42.2 Å². The van der Waals surface area contributed by atoms with Gasteiger partial charge in [-0.2, -0.15) is 0 Å². The number of rotatable bonds is 6. The van der Waals surface area contributed by atoms with E-state index >= 15 is 0 Å². The summed E-state index contributed by atoms with van der Waals surface area (Å²) in [5.74, 6) is 1.09. The molecular formula is C17H21ClFN3O. The molecule has 0 radical (unpaired) electrons. The molecule has 1 atom stereocenters. The van der Waals surface area contributed by atoms with Gasteiger partial charge in [-0.25, -0.2) is 4.39 Å². The molecule has 1 aliphatic heterocycles. The number of aromatic nitrogens is 2. The third kappa shape index (κ3) is 4.09. The Morgan fingerprint density at radius 2 is 2.26 bits per heavy atom. The zero-order valence-electron chi connectivity index (χ0n) is 13.3. The monoisotopic (exact) mass is 337 g/mol. The molecule has 1 unspecified atom stereocenters. The summed E-state index contributed by atoms with van der Waals surface area (Å²) < 4.78 is 19.4. The highest BCUT2D eigenvalue weighted by Gasteiger charge is 2.26. The van der Waals surface area contributed by atoms with Crippen LogP contribution in [0.3, 0.4) is 0 Å². The average molecular weight is 338 g/mol. The van der Waals surface area contributed by atoms with E-state index in [1.54, 1.807) is 19.1 Å². The summed E-state index contributed by atoms with van der Waals surface area (Å²) in [6.07, 6.45) is 4.65. The van der Waals surface area contributed by atoms with E-state index in [0.29, 0.717) is 34.8 Å². The number of hydrogen-bond donors (Lipinski definition) is 0. The van der Waals surface area contributed by atoms with Crippen molar-refractivity contribution in [2.75, 3.05) is 13.1 Å². The molecule has 1 fully saturated rings. The van der Waals surface area contributed by atoms with Crippen LogP contribution in [-0.4, -0.2) is 34.2 Å². The lowest BCUT2D eigenvalue weighted by molar-refractivity contribution is 0.245. The smallest absolute Gasteiger partial charge is 0.216 e. The largest absolute Gasteiger partial charge is 0.426 e. The lowest BCUT2D eigenvalue weighted by Crippen LogP contribution is -2.32. The van der Waals surface area contributed by atoms with Gasteiger partial charge in [0.1, 0.15) is 5.82 Å². The zero-order valence-corrected chi connectivity index (χ0v) is 14.0. The molecule has 0 N–H and O–H groups in total. The van der Waals surface area contributed by atoms with E-state index < -0.39 is 0 Å². The molecule has 0 bridgehead atoms. The summed E-state index contributed by atoms with van der Waals surface area (Å²) in [6, 6.07) is 5.25. The van der Waals surface area contributed by atoms with Gasteiger partial charge in [-0.3, -0.25) is 0 Å². The van der Waals surface area contributed by atoms with Crippen molar-refractivity contribution >= 4 is 11.6 Å². The van der Waals surface area contributed by atoms with Crippen molar-refractivity contribution in [1.29, 1.82) is 0 Å². The minimum Gasteiger partial charge on any atom is -0.426 e. The minimum atomic E-state index is -0.203. The number of hydrogen-bond acceptors (Lipinski definition) is 4. The average Bonchev–Trinajstić information content (AvgIpc) is 3.13. The second kappa shape index (κ2) is 7.41. The standard InChI is InChI=1S/C17H21ClFN3O/c1-12-20-21-17(23-12)8-4-10-22-9-3-5-13(22)11-14-15(18)6-2-7-16(14)19/h2,6-7,13H,3-5,8-11H2,1H3. The summed E-state index contributed by atoms with van der Waals surface area (Å²) in [5.41, 5.74) is 0.638. The van der Waals surface area contributed by atoms with Crippen LogP contribution >= 0.6 is 11.6 Å². The van der Waals surface area contributed by atoms with Crippen LogP contribution in [-0.2, 0) is 12.8 Å². The maximum atomic E-state index is 14.0. The van der Waals surface area contributed by atoms with Crippen LogP contribution < -0.4 is 0 Å². The lowest BCUT2D eigenvalue weighted by Gasteiger charge is -2.24. The number of likely N-dealkylation sites (tertiary alicyclic amines) is 1. The van der Waals surface area contributed by atoms with Gasteiger partial charge in [-0.05, 0) is 50.9 Å². The molecule has 1 aromatic carbocycles. The quantitative estimate of drug-likeness (QED) is 0.803. The molecule has 23 heavy (non-hydrogen) atoms. The van der Waals surface area contributed by atoms with Gasteiger partial charge >= 0.3 is 0 Å². The fraction of sp³-hybridized carbons (Fsp3) is 0.529. The van der Waals surface area contributed by atoms with Crippen LogP contribution in [0.25, 0.3) is 0 Å². The van der Waals surface area contributed by atoms with E-state index in [1.807, 2.05) is 0 Å². The molecule has 1 aromatic heterocycles. The van der Waals surface area contributed by atoms with Crippen LogP contribution in [0.1, 0.15) is 36.6 Å². The van der Waals surface area contributed by atoms with Crippen LogP contribution in [0.4, 0.5) is 4.39 Å². The van der Waals surface area contributed by atoms with Crippen molar-refractivity contribution in [2.45, 2.75) is 45.1 Å². The Bertz CT molecular complexity index is 641. The fourth-order valence-electron chi connectivity index (χ4n) is 3.26. The second-order valence-corrected chi connectivity index (χ2v) is 6.46. The van der Waals surface area contributed by atoms with E-state index in [9.17, 15) is 4.39 Å². The van der Waals surface area contributed by atoms with Crippen molar-refractivity contribution in [3.05, 3.63) is 46.4 Å². The molecular weight excluding hydrogens is 317 g/mol. The maximum absolute atomic E-state index is 14.0. The molecule has 0 aliphatic carbocycles. The molecule has 1 aliphatic rings. The molecule has 1 saturated heterocycles. The van der Waals surface area contributed by atoms with Gasteiger partial charge < -0.3 is 9.32 Å². The van der Waals surface area contributed by atoms with Gasteiger partial charge in [-0.1, -0.05) is 17.7 Å². The Morgan fingerprint density at radius 3 is 3.00 bits per heavy atom. The first-order chi connectivity index (χ1) is 11.1. The number of halogens is 2. The van der Waals surface area contributed by atoms with Gasteiger partial charge in [0.05, 0.1) is 0 Å². The Morgan fingerprint density at radius 1 is 1.39 bits per heavy atom. The van der Waals surface area contributed by atoms with Gasteiger partial charge in [0, 0.05) is 30.0 Å². The van der Waals surface area contributed by atoms with E-state index in [2.05, 4.69) is 15.1 Å². The number of nitrogens with zero attached hydrogens (tertiary/aromatic N) is 3. The number of benzene rings is 1. The van der Waals surface area contributed by atoms with Crippen molar-refractivity contribution in [3.63, 3.8) is 0 Å². The van der Waals surface area contributed by atoms with E-state index in [-0.39, 0.29) is 5.82 Å². The first kappa shape index (κ1) is 16.4. The number of aryl methyl sites for hydroxylation is 2. The second-order valence-electron chi connectivity index (χ2n) is 6.05. The SMILES string of the molecule is Cc1nnc(CCCN2CCCC2Cc2c(F)cccc2Cl)o1. The molecule has 0 amide bonds. The Labute approximate surface area is 140 Å². The normalized spacial score (nSPS) is 18.7. The predicted octanol–water partition coefficient (Wildman–Crippen LogP) is 3.81.